The lowest BCUT2D eigenvalue weighted by Crippen LogP contribution is -2.23. The molecule has 7 heteroatoms. The van der Waals surface area contributed by atoms with Crippen LogP contribution in [0.2, 0.25) is 5.02 Å². The Bertz CT molecular complexity index is 673. The number of hydrogen-bond acceptors (Lipinski definition) is 4. The molecule has 2 heterocycles. The Balaban J connectivity index is 2.36. The van der Waals surface area contributed by atoms with E-state index in [4.69, 9.17) is 11.6 Å². The third-order valence-electron chi connectivity index (χ3n) is 2.57. The van der Waals surface area contributed by atoms with Gasteiger partial charge in [-0.1, -0.05) is 17.7 Å². The average molecular weight is 280 g/mol. The molecule has 0 aliphatic rings. The lowest BCUT2D eigenvalue weighted by Gasteiger charge is -2.08. The fourth-order valence-electron chi connectivity index (χ4n) is 1.67. The molecular formula is C12H14ClN5O. The Kier molecular flexibility index (Phi) is 3.71. The highest BCUT2D eigenvalue weighted by atomic mass is 35.5. The molecular weight excluding hydrogens is 266 g/mol. The highest BCUT2D eigenvalue weighted by Crippen LogP contribution is 2.22. The van der Waals surface area contributed by atoms with Crippen molar-refractivity contribution in [3.8, 4) is 0 Å². The fraction of sp³-hybridized carbons (Fsp3) is 0.250. The number of aryl methyl sites for hydroxylation is 2. The van der Waals surface area contributed by atoms with Crippen molar-refractivity contribution < 1.29 is 0 Å². The summed E-state index contributed by atoms with van der Waals surface area (Å²) < 4.78 is 2.93. The van der Waals surface area contributed by atoms with Crippen molar-refractivity contribution in [1.82, 2.24) is 19.6 Å². The van der Waals surface area contributed by atoms with Crippen LogP contribution in [0.1, 0.15) is 5.69 Å². The summed E-state index contributed by atoms with van der Waals surface area (Å²) in [6.07, 6.45) is 4.91. The average Bonchev–Trinajstić information content (AvgIpc) is 2.67. The predicted molar refractivity (Wildman–Crippen MR) is 74.9 cm³/mol. The molecule has 0 aliphatic carbocycles. The number of allylic oxidation sites excluding steroid dienone is 1. The molecule has 0 aliphatic heterocycles. The van der Waals surface area contributed by atoms with Gasteiger partial charge in [0.1, 0.15) is 5.02 Å². The smallest absolute Gasteiger partial charge is 0.287 e. The molecule has 2 aromatic rings. The molecule has 0 amide bonds. The maximum Gasteiger partial charge on any atom is 0.287 e. The SMILES string of the molecule is C=CCn1ncc(Nc2cn(C)nc2C)c(Cl)c1=O. The molecule has 0 unspecified atom stereocenters. The van der Waals surface area contributed by atoms with Gasteiger partial charge in [-0.05, 0) is 6.92 Å². The lowest BCUT2D eigenvalue weighted by molar-refractivity contribution is 0.653. The van der Waals surface area contributed by atoms with E-state index in [1.807, 2.05) is 14.0 Å². The monoisotopic (exact) mass is 279 g/mol. The first-order valence-electron chi connectivity index (χ1n) is 5.66. The quantitative estimate of drug-likeness (QED) is 0.868. The molecule has 0 radical (unpaired) electrons. The van der Waals surface area contributed by atoms with Crippen LogP contribution in [0.5, 0.6) is 0 Å². The minimum atomic E-state index is -0.354. The molecule has 0 atom stereocenters. The Morgan fingerprint density at radius 1 is 1.53 bits per heavy atom. The van der Waals surface area contributed by atoms with Gasteiger partial charge in [-0.2, -0.15) is 10.2 Å². The first-order chi connectivity index (χ1) is 9.02. The molecule has 0 fully saturated rings. The van der Waals surface area contributed by atoms with Crippen LogP contribution in [0.15, 0.2) is 29.8 Å². The molecule has 2 aromatic heterocycles. The summed E-state index contributed by atoms with van der Waals surface area (Å²) in [5.74, 6) is 0. The number of nitrogens with zero attached hydrogens (tertiary/aromatic N) is 4. The van der Waals surface area contributed by atoms with Crippen molar-refractivity contribution in [3.63, 3.8) is 0 Å². The second kappa shape index (κ2) is 5.27. The Morgan fingerprint density at radius 3 is 2.84 bits per heavy atom. The lowest BCUT2D eigenvalue weighted by atomic mass is 10.3. The van der Waals surface area contributed by atoms with Crippen molar-refractivity contribution in [2.75, 3.05) is 5.32 Å². The molecule has 0 saturated carbocycles. The van der Waals surface area contributed by atoms with E-state index in [1.165, 1.54) is 10.9 Å². The van der Waals surface area contributed by atoms with E-state index < -0.39 is 0 Å². The van der Waals surface area contributed by atoms with Crippen LogP contribution < -0.4 is 10.9 Å². The Morgan fingerprint density at radius 2 is 2.26 bits per heavy atom. The maximum absolute atomic E-state index is 11.9. The van der Waals surface area contributed by atoms with E-state index in [0.717, 1.165) is 11.4 Å². The van der Waals surface area contributed by atoms with Gasteiger partial charge in [-0.3, -0.25) is 9.48 Å². The highest BCUT2D eigenvalue weighted by molar-refractivity contribution is 6.33. The summed E-state index contributed by atoms with van der Waals surface area (Å²) in [6, 6.07) is 0. The van der Waals surface area contributed by atoms with Gasteiger partial charge in [0, 0.05) is 13.2 Å². The first-order valence-corrected chi connectivity index (χ1v) is 6.04. The standard InChI is InChI=1S/C12H14ClN5O/c1-4-5-18-12(19)11(13)9(6-14-18)15-10-7-17(3)16-8(10)2/h4,6-7,15H,1,5H2,2-3H3. The van der Waals surface area contributed by atoms with E-state index in [1.54, 1.807) is 17.0 Å². The number of nitrogens with one attached hydrogen (secondary N) is 1. The van der Waals surface area contributed by atoms with Gasteiger partial charge in [0.2, 0.25) is 0 Å². The molecule has 1 N–H and O–H groups in total. The third-order valence-corrected chi connectivity index (χ3v) is 2.93. The molecule has 2 rings (SSSR count). The predicted octanol–water partition coefficient (Wildman–Crippen LogP) is 1.87. The minimum absolute atomic E-state index is 0.0973. The zero-order chi connectivity index (χ0) is 14.0. The molecule has 100 valence electrons. The van der Waals surface area contributed by atoms with Crippen molar-refractivity contribution in [2.24, 2.45) is 7.05 Å². The van der Waals surface area contributed by atoms with Crippen molar-refractivity contribution in [2.45, 2.75) is 13.5 Å². The van der Waals surface area contributed by atoms with Gasteiger partial charge in [0.05, 0.1) is 29.8 Å². The van der Waals surface area contributed by atoms with E-state index in [2.05, 4.69) is 22.1 Å². The Hall–Kier alpha value is -2.08. The molecule has 0 bridgehead atoms. The van der Waals surface area contributed by atoms with Crippen molar-refractivity contribution in [3.05, 3.63) is 46.1 Å². The van der Waals surface area contributed by atoms with Gasteiger partial charge >= 0.3 is 0 Å². The molecule has 0 spiro atoms. The van der Waals surface area contributed by atoms with Crippen LogP contribution in [0.25, 0.3) is 0 Å². The second-order valence-corrected chi connectivity index (χ2v) is 4.45. The van der Waals surface area contributed by atoms with Crippen LogP contribution in [0.3, 0.4) is 0 Å². The van der Waals surface area contributed by atoms with E-state index >= 15 is 0 Å². The summed E-state index contributed by atoms with van der Waals surface area (Å²) in [6.45, 7) is 5.75. The molecule has 6 nitrogen and oxygen atoms in total. The summed E-state index contributed by atoms with van der Waals surface area (Å²) >= 11 is 6.05. The van der Waals surface area contributed by atoms with Crippen LogP contribution in [0.4, 0.5) is 11.4 Å². The molecule has 0 saturated heterocycles. The number of rotatable bonds is 4. The van der Waals surface area contributed by atoms with Gasteiger partial charge < -0.3 is 5.32 Å². The summed E-state index contributed by atoms with van der Waals surface area (Å²) in [7, 11) is 1.82. The van der Waals surface area contributed by atoms with E-state index in [-0.39, 0.29) is 10.6 Å². The highest BCUT2D eigenvalue weighted by Gasteiger charge is 2.11. The number of anilines is 2. The normalized spacial score (nSPS) is 10.5. The zero-order valence-corrected chi connectivity index (χ0v) is 11.5. The largest absolute Gasteiger partial charge is 0.350 e. The van der Waals surface area contributed by atoms with Gasteiger partial charge in [0.25, 0.3) is 5.56 Å². The van der Waals surface area contributed by atoms with Gasteiger partial charge in [-0.25, -0.2) is 4.68 Å². The Labute approximate surface area is 115 Å². The second-order valence-electron chi connectivity index (χ2n) is 4.08. The summed E-state index contributed by atoms with van der Waals surface area (Å²) in [5, 5.41) is 11.4. The summed E-state index contributed by atoms with van der Waals surface area (Å²) in [5.41, 5.74) is 1.71. The number of hydrogen-bond donors (Lipinski definition) is 1. The molecule has 0 aromatic carbocycles. The topological polar surface area (TPSA) is 64.7 Å². The van der Waals surface area contributed by atoms with E-state index in [0.29, 0.717) is 12.2 Å². The van der Waals surface area contributed by atoms with Crippen molar-refractivity contribution >= 4 is 23.0 Å². The van der Waals surface area contributed by atoms with Gasteiger partial charge in [0.15, 0.2) is 0 Å². The number of halogens is 1. The minimum Gasteiger partial charge on any atom is -0.350 e. The third kappa shape index (κ3) is 2.68. The van der Waals surface area contributed by atoms with Crippen LogP contribution in [-0.4, -0.2) is 19.6 Å². The van der Waals surface area contributed by atoms with Crippen LogP contribution in [-0.2, 0) is 13.6 Å². The van der Waals surface area contributed by atoms with Crippen LogP contribution in [0, 0.1) is 6.92 Å². The first kappa shape index (κ1) is 13.4. The van der Waals surface area contributed by atoms with Crippen LogP contribution >= 0.6 is 11.6 Å². The van der Waals surface area contributed by atoms with Gasteiger partial charge in [-0.15, -0.1) is 6.58 Å². The van der Waals surface area contributed by atoms with Crippen molar-refractivity contribution in [1.29, 1.82) is 0 Å². The summed E-state index contributed by atoms with van der Waals surface area (Å²) in [4.78, 5) is 11.9. The fourth-order valence-corrected chi connectivity index (χ4v) is 1.87. The maximum atomic E-state index is 11.9. The molecule has 19 heavy (non-hydrogen) atoms. The number of aromatic nitrogens is 4. The zero-order valence-electron chi connectivity index (χ0n) is 10.7. The van der Waals surface area contributed by atoms with E-state index in [9.17, 15) is 4.79 Å².